The van der Waals surface area contributed by atoms with Gasteiger partial charge in [-0.2, -0.15) is 12.6 Å². The Balaban J connectivity index is 2.18. The van der Waals surface area contributed by atoms with Crippen LogP contribution in [-0.4, -0.2) is 29.0 Å². The summed E-state index contributed by atoms with van der Waals surface area (Å²) in [5.74, 6) is 0.638. The summed E-state index contributed by atoms with van der Waals surface area (Å²) in [5.41, 5.74) is 1.05. The van der Waals surface area contributed by atoms with E-state index in [4.69, 9.17) is 0 Å². The summed E-state index contributed by atoms with van der Waals surface area (Å²) in [6.45, 7) is 2.57. The average Bonchev–Trinajstić information content (AvgIpc) is 2.64. The van der Waals surface area contributed by atoms with Crippen molar-refractivity contribution in [3.05, 3.63) is 35.4 Å². The van der Waals surface area contributed by atoms with Gasteiger partial charge in [-0.05, 0) is 30.2 Å². The number of imide groups is 1. The molecular weight excluding hydrogens is 246 g/mol. The van der Waals surface area contributed by atoms with E-state index in [1.165, 1.54) is 4.90 Å². The molecule has 0 saturated carbocycles. The van der Waals surface area contributed by atoms with Gasteiger partial charge in [-0.15, -0.1) is 0 Å². The SMILES string of the molecule is CCCC(CS)CN1C(=O)c2ccccc2C1=O. The van der Waals surface area contributed by atoms with Crippen LogP contribution in [0.4, 0.5) is 0 Å². The molecule has 0 N–H and O–H groups in total. The number of benzene rings is 1. The number of hydrogen-bond acceptors (Lipinski definition) is 3. The summed E-state index contributed by atoms with van der Waals surface area (Å²) in [7, 11) is 0. The highest BCUT2D eigenvalue weighted by molar-refractivity contribution is 7.80. The number of nitrogens with zero attached hydrogens (tertiary/aromatic N) is 1. The van der Waals surface area contributed by atoms with Gasteiger partial charge in [0.25, 0.3) is 11.8 Å². The van der Waals surface area contributed by atoms with Crippen LogP contribution in [0.1, 0.15) is 40.5 Å². The lowest BCUT2D eigenvalue weighted by Crippen LogP contribution is -2.35. The number of hydrogen-bond donors (Lipinski definition) is 1. The van der Waals surface area contributed by atoms with Crippen LogP contribution in [0.25, 0.3) is 0 Å². The zero-order valence-corrected chi connectivity index (χ0v) is 11.3. The molecule has 0 fully saturated rings. The molecule has 0 bridgehead atoms. The van der Waals surface area contributed by atoms with Crippen molar-refractivity contribution >= 4 is 24.4 Å². The highest BCUT2D eigenvalue weighted by atomic mass is 32.1. The number of thiol groups is 1. The second-order valence-electron chi connectivity index (χ2n) is 4.60. The monoisotopic (exact) mass is 263 g/mol. The van der Waals surface area contributed by atoms with Gasteiger partial charge in [-0.1, -0.05) is 25.5 Å². The lowest BCUT2D eigenvalue weighted by Gasteiger charge is -2.20. The molecule has 96 valence electrons. The van der Waals surface area contributed by atoms with Crippen molar-refractivity contribution in [3.8, 4) is 0 Å². The fraction of sp³-hybridized carbons (Fsp3) is 0.429. The minimum atomic E-state index is -0.168. The van der Waals surface area contributed by atoms with Crippen molar-refractivity contribution in [2.24, 2.45) is 5.92 Å². The highest BCUT2D eigenvalue weighted by Crippen LogP contribution is 2.24. The molecular formula is C14H17NO2S. The van der Waals surface area contributed by atoms with Gasteiger partial charge in [0.15, 0.2) is 0 Å². The van der Waals surface area contributed by atoms with E-state index in [0.29, 0.717) is 23.4 Å². The maximum Gasteiger partial charge on any atom is 0.261 e. The molecule has 1 aromatic carbocycles. The summed E-state index contributed by atoms with van der Waals surface area (Å²) in [5, 5.41) is 0. The molecule has 2 rings (SSSR count). The van der Waals surface area contributed by atoms with Crippen LogP contribution in [0, 0.1) is 5.92 Å². The second kappa shape index (κ2) is 5.57. The summed E-state index contributed by atoms with van der Waals surface area (Å²) >= 11 is 4.29. The molecule has 2 amide bonds. The van der Waals surface area contributed by atoms with Crippen LogP contribution in [0.15, 0.2) is 24.3 Å². The van der Waals surface area contributed by atoms with E-state index in [1.807, 2.05) is 0 Å². The molecule has 1 aromatic rings. The Morgan fingerprint density at radius 1 is 1.17 bits per heavy atom. The standard InChI is InChI=1S/C14H17NO2S/c1-2-5-10(9-18)8-15-13(16)11-6-3-4-7-12(11)14(15)17/h3-4,6-7,10,18H,2,5,8-9H2,1H3. The predicted molar refractivity (Wildman–Crippen MR) is 74.1 cm³/mol. The first-order chi connectivity index (χ1) is 8.69. The zero-order valence-electron chi connectivity index (χ0n) is 10.4. The van der Waals surface area contributed by atoms with Crippen LogP contribution in [0.3, 0.4) is 0 Å². The Morgan fingerprint density at radius 3 is 2.17 bits per heavy atom. The van der Waals surface area contributed by atoms with Crippen LogP contribution >= 0.6 is 12.6 Å². The minimum absolute atomic E-state index is 0.168. The lowest BCUT2D eigenvalue weighted by atomic mass is 10.1. The third-order valence-electron chi connectivity index (χ3n) is 3.27. The maximum atomic E-state index is 12.1. The van der Waals surface area contributed by atoms with Gasteiger partial charge in [-0.3, -0.25) is 14.5 Å². The Bertz CT molecular complexity index is 438. The fourth-order valence-corrected chi connectivity index (χ4v) is 2.61. The summed E-state index contributed by atoms with van der Waals surface area (Å²) in [4.78, 5) is 25.6. The van der Waals surface area contributed by atoms with Crippen molar-refractivity contribution in [2.75, 3.05) is 12.3 Å². The van der Waals surface area contributed by atoms with Crippen molar-refractivity contribution in [1.29, 1.82) is 0 Å². The fourth-order valence-electron chi connectivity index (χ4n) is 2.31. The van der Waals surface area contributed by atoms with Gasteiger partial charge >= 0.3 is 0 Å². The molecule has 4 heteroatoms. The Hall–Kier alpha value is -1.29. The van der Waals surface area contributed by atoms with E-state index in [9.17, 15) is 9.59 Å². The second-order valence-corrected chi connectivity index (χ2v) is 4.97. The maximum absolute atomic E-state index is 12.1. The quantitative estimate of drug-likeness (QED) is 0.655. The molecule has 1 unspecified atom stereocenters. The molecule has 0 aromatic heterocycles. The Kier molecular flexibility index (Phi) is 4.07. The third kappa shape index (κ3) is 2.29. The predicted octanol–water partition coefficient (Wildman–Crippen LogP) is 2.63. The molecule has 1 atom stereocenters. The summed E-state index contributed by atoms with van der Waals surface area (Å²) < 4.78 is 0. The smallest absolute Gasteiger partial charge is 0.261 e. The Labute approximate surface area is 113 Å². The average molecular weight is 263 g/mol. The van der Waals surface area contributed by atoms with Crippen LogP contribution in [-0.2, 0) is 0 Å². The molecule has 1 aliphatic heterocycles. The van der Waals surface area contributed by atoms with Gasteiger partial charge in [0.1, 0.15) is 0 Å². The molecule has 1 heterocycles. The highest BCUT2D eigenvalue weighted by Gasteiger charge is 2.35. The molecule has 0 saturated heterocycles. The van der Waals surface area contributed by atoms with Gasteiger partial charge in [-0.25, -0.2) is 0 Å². The van der Waals surface area contributed by atoms with Crippen LogP contribution < -0.4 is 0 Å². The number of amides is 2. The minimum Gasteiger partial charge on any atom is -0.274 e. The molecule has 1 aliphatic rings. The summed E-state index contributed by atoms with van der Waals surface area (Å²) in [6.07, 6.45) is 2.02. The molecule has 0 radical (unpaired) electrons. The van der Waals surface area contributed by atoms with Crippen molar-refractivity contribution in [2.45, 2.75) is 19.8 Å². The molecule has 0 aliphatic carbocycles. The van der Waals surface area contributed by atoms with Crippen molar-refractivity contribution in [1.82, 2.24) is 4.90 Å². The van der Waals surface area contributed by atoms with Gasteiger partial charge in [0, 0.05) is 6.54 Å². The topological polar surface area (TPSA) is 37.4 Å². The Morgan fingerprint density at radius 2 is 1.72 bits per heavy atom. The third-order valence-corrected chi connectivity index (χ3v) is 3.79. The lowest BCUT2D eigenvalue weighted by molar-refractivity contribution is 0.0631. The van der Waals surface area contributed by atoms with Crippen LogP contribution in [0.2, 0.25) is 0 Å². The molecule has 18 heavy (non-hydrogen) atoms. The van der Waals surface area contributed by atoms with Gasteiger partial charge in [0.05, 0.1) is 11.1 Å². The van der Waals surface area contributed by atoms with Crippen molar-refractivity contribution < 1.29 is 9.59 Å². The van der Waals surface area contributed by atoms with E-state index < -0.39 is 0 Å². The van der Waals surface area contributed by atoms with Crippen LogP contribution in [0.5, 0.6) is 0 Å². The van der Waals surface area contributed by atoms with Gasteiger partial charge in [0.2, 0.25) is 0 Å². The number of rotatable bonds is 5. The number of carbonyl (C=O) groups excluding carboxylic acids is 2. The van der Waals surface area contributed by atoms with Crippen molar-refractivity contribution in [3.63, 3.8) is 0 Å². The number of carbonyl (C=O) groups is 2. The van der Waals surface area contributed by atoms with E-state index in [2.05, 4.69) is 19.6 Å². The summed E-state index contributed by atoms with van der Waals surface area (Å²) in [6, 6.07) is 7.00. The van der Waals surface area contributed by atoms with E-state index in [1.54, 1.807) is 24.3 Å². The normalized spacial score (nSPS) is 16.0. The first kappa shape index (κ1) is 13.1. The first-order valence-corrected chi connectivity index (χ1v) is 6.88. The molecule has 3 nitrogen and oxygen atoms in total. The number of fused-ring (bicyclic) bond motifs is 1. The largest absolute Gasteiger partial charge is 0.274 e. The zero-order chi connectivity index (χ0) is 13.1. The van der Waals surface area contributed by atoms with Gasteiger partial charge < -0.3 is 0 Å². The van der Waals surface area contributed by atoms with E-state index in [0.717, 1.165) is 12.8 Å². The van der Waals surface area contributed by atoms with E-state index in [-0.39, 0.29) is 17.7 Å². The van der Waals surface area contributed by atoms with E-state index >= 15 is 0 Å². The molecule has 0 spiro atoms. The first-order valence-electron chi connectivity index (χ1n) is 6.25.